The summed E-state index contributed by atoms with van der Waals surface area (Å²) in [5.74, 6) is -0.442. The average Bonchev–Trinajstić information content (AvgIpc) is 3.20. The van der Waals surface area contributed by atoms with E-state index >= 15 is 0 Å². The fourth-order valence-corrected chi connectivity index (χ4v) is 3.27. The zero-order valence-corrected chi connectivity index (χ0v) is 14.6. The molecule has 0 N–H and O–H groups in total. The first-order valence-electron chi connectivity index (χ1n) is 8.62. The minimum Gasteiger partial charge on any atom is -0.492 e. The number of hydrogen-bond acceptors (Lipinski definition) is 7. The molecule has 0 spiro atoms. The summed E-state index contributed by atoms with van der Waals surface area (Å²) in [5, 5.41) is 9.37. The van der Waals surface area contributed by atoms with Crippen LogP contribution >= 0.6 is 0 Å². The van der Waals surface area contributed by atoms with Crippen molar-refractivity contribution in [1.29, 1.82) is 0 Å². The highest BCUT2D eigenvalue weighted by Gasteiger charge is 2.39. The van der Waals surface area contributed by atoms with Gasteiger partial charge in [-0.05, 0) is 51.1 Å². The molecule has 1 saturated heterocycles. The Kier molecular flexibility index (Phi) is 5.36. The molecule has 9 nitrogen and oxygen atoms in total. The van der Waals surface area contributed by atoms with Gasteiger partial charge in [0.2, 0.25) is 0 Å². The Balaban J connectivity index is 1.64. The summed E-state index contributed by atoms with van der Waals surface area (Å²) < 4.78 is 5.71. The minimum absolute atomic E-state index is 0.252. The second-order valence-corrected chi connectivity index (χ2v) is 6.45. The van der Waals surface area contributed by atoms with Gasteiger partial charge >= 0.3 is 0 Å². The van der Waals surface area contributed by atoms with E-state index in [0.29, 0.717) is 12.4 Å². The van der Waals surface area contributed by atoms with Crippen molar-refractivity contribution in [2.24, 2.45) is 0 Å². The monoisotopic (exact) mass is 363 g/mol. The molecule has 2 aliphatic rings. The number of amides is 2. The van der Waals surface area contributed by atoms with E-state index in [9.17, 15) is 19.7 Å². The molecule has 0 radical (unpaired) electrons. The number of hydrogen-bond donors (Lipinski definition) is 0. The zero-order chi connectivity index (χ0) is 18.7. The van der Waals surface area contributed by atoms with Gasteiger partial charge < -0.3 is 9.57 Å². The smallest absolute Gasteiger partial charge is 0.294 e. The summed E-state index contributed by atoms with van der Waals surface area (Å²) in [5.41, 5.74) is 0.525. The summed E-state index contributed by atoms with van der Waals surface area (Å²) in [6, 6.07) is 4.03. The predicted octanol–water partition coefficient (Wildman–Crippen LogP) is 1.35. The topological polar surface area (TPSA) is 102 Å². The number of rotatable bonds is 8. The van der Waals surface area contributed by atoms with E-state index in [1.807, 2.05) is 0 Å². The largest absolute Gasteiger partial charge is 0.492 e. The fraction of sp³-hybridized carbons (Fsp3) is 0.529. The van der Waals surface area contributed by atoms with Gasteiger partial charge in [0.25, 0.3) is 16.9 Å². The van der Waals surface area contributed by atoms with Crippen LogP contribution in [0.1, 0.15) is 40.5 Å². The molecule has 1 fully saturated rings. The molecule has 0 bridgehead atoms. The summed E-state index contributed by atoms with van der Waals surface area (Å²) in [6.07, 6.45) is 2.42. The van der Waals surface area contributed by atoms with Crippen LogP contribution in [-0.4, -0.2) is 65.6 Å². The van der Waals surface area contributed by atoms with Crippen LogP contribution in [0.2, 0.25) is 0 Å². The molecule has 1 atom stereocenters. The third kappa shape index (κ3) is 3.77. The van der Waals surface area contributed by atoms with Crippen LogP contribution in [-0.2, 0) is 4.84 Å². The van der Waals surface area contributed by atoms with E-state index in [4.69, 9.17) is 4.74 Å². The lowest BCUT2D eigenvalue weighted by Crippen LogP contribution is -2.41. The molecule has 1 aromatic carbocycles. The summed E-state index contributed by atoms with van der Waals surface area (Å²) >= 11 is 0. The molecule has 0 aromatic heterocycles. The molecule has 2 heterocycles. The number of imide groups is 1. The lowest BCUT2D eigenvalue weighted by molar-refractivity contribution is -0.758. The summed E-state index contributed by atoms with van der Waals surface area (Å²) in [4.78, 5) is 42.9. The molecule has 140 valence electrons. The van der Waals surface area contributed by atoms with Crippen LogP contribution in [0.25, 0.3) is 0 Å². The van der Waals surface area contributed by atoms with Crippen molar-refractivity contribution in [1.82, 2.24) is 9.80 Å². The van der Waals surface area contributed by atoms with Gasteiger partial charge in [-0.3, -0.25) is 19.4 Å². The molecule has 1 aromatic rings. The highest BCUT2D eigenvalue weighted by molar-refractivity contribution is 6.21. The van der Waals surface area contributed by atoms with Gasteiger partial charge in [0.1, 0.15) is 19.0 Å². The van der Waals surface area contributed by atoms with E-state index in [2.05, 4.69) is 9.74 Å². The second kappa shape index (κ2) is 7.69. The third-order valence-corrected chi connectivity index (χ3v) is 4.63. The van der Waals surface area contributed by atoms with Gasteiger partial charge in [-0.2, -0.15) is 0 Å². The van der Waals surface area contributed by atoms with Gasteiger partial charge in [0, 0.05) is 6.54 Å². The van der Waals surface area contributed by atoms with Crippen molar-refractivity contribution in [3.8, 4) is 5.75 Å². The minimum atomic E-state index is -0.943. The Hall–Kier alpha value is -2.68. The number of ether oxygens (including phenoxy) is 1. The predicted molar refractivity (Wildman–Crippen MR) is 90.5 cm³/mol. The SMILES string of the molecule is CC(CO[N+](=O)[O-])N1C(=O)c2ccc(OCCN3CCCC3)cc2C1=O. The first-order valence-corrected chi connectivity index (χ1v) is 8.62. The average molecular weight is 363 g/mol. The highest BCUT2D eigenvalue weighted by atomic mass is 16.9. The van der Waals surface area contributed by atoms with Gasteiger partial charge in [-0.15, -0.1) is 10.1 Å². The molecule has 2 aliphatic heterocycles. The lowest BCUT2D eigenvalue weighted by atomic mass is 10.1. The van der Waals surface area contributed by atoms with Crippen LogP contribution in [0.4, 0.5) is 0 Å². The van der Waals surface area contributed by atoms with E-state index in [1.54, 1.807) is 18.2 Å². The van der Waals surface area contributed by atoms with Crippen molar-refractivity contribution < 1.29 is 24.3 Å². The molecule has 3 rings (SSSR count). The van der Waals surface area contributed by atoms with E-state index < -0.39 is 22.9 Å². The molecular weight excluding hydrogens is 342 g/mol. The Labute approximate surface area is 150 Å². The van der Waals surface area contributed by atoms with E-state index in [-0.39, 0.29) is 17.7 Å². The standard InChI is InChI=1S/C17H21N3O6/c1-12(11-26-20(23)24)19-16(21)14-5-4-13(10-15(14)17(19)22)25-9-8-18-6-2-3-7-18/h4-5,10,12H,2-3,6-9,11H2,1H3. The van der Waals surface area contributed by atoms with E-state index in [1.165, 1.54) is 19.8 Å². The van der Waals surface area contributed by atoms with Gasteiger partial charge in [0.15, 0.2) is 0 Å². The number of carbonyl (C=O) groups excluding carboxylic acids is 2. The molecular formula is C17H21N3O6. The van der Waals surface area contributed by atoms with Gasteiger partial charge in [-0.1, -0.05) is 0 Å². The third-order valence-electron chi connectivity index (χ3n) is 4.63. The Morgan fingerprint density at radius 2 is 1.88 bits per heavy atom. The quantitative estimate of drug-likeness (QED) is 0.390. The van der Waals surface area contributed by atoms with Crippen molar-refractivity contribution in [3.05, 3.63) is 39.4 Å². The van der Waals surface area contributed by atoms with Crippen LogP contribution in [0.15, 0.2) is 18.2 Å². The number of fused-ring (bicyclic) bond motifs is 1. The maximum atomic E-state index is 12.5. The Bertz CT molecular complexity index is 716. The Morgan fingerprint density at radius 3 is 2.58 bits per heavy atom. The van der Waals surface area contributed by atoms with Crippen LogP contribution in [0.5, 0.6) is 5.75 Å². The zero-order valence-electron chi connectivity index (χ0n) is 14.6. The first kappa shape index (κ1) is 18.1. The maximum Gasteiger partial charge on any atom is 0.294 e. The normalized spacial score (nSPS) is 18.1. The highest BCUT2D eigenvalue weighted by Crippen LogP contribution is 2.28. The molecule has 1 unspecified atom stereocenters. The fourth-order valence-electron chi connectivity index (χ4n) is 3.27. The summed E-state index contributed by atoms with van der Waals surface area (Å²) in [7, 11) is 0. The van der Waals surface area contributed by atoms with Crippen LogP contribution in [0.3, 0.4) is 0 Å². The van der Waals surface area contributed by atoms with E-state index in [0.717, 1.165) is 24.5 Å². The molecule has 0 saturated carbocycles. The number of nitrogens with zero attached hydrogens (tertiary/aromatic N) is 3. The molecule has 2 amide bonds. The van der Waals surface area contributed by atoms with Crippen molar-refractivity contribution in [2.45, 2.75) is 25.8 Å². The lowest BCUT2D eigenvalue weighted by Gasteiger charge is -2.21. The first-order chi connectivity index (χ1) is 12.5. The van der Waals surface area contributed by atoms with Gasteiger partial charge in [-0.25, -0.2) is 0 Å². The molecule has 26 heavy (non-hydrogen) atoms. The Morgan fingerprint density at radius 1 is 1.19 bits per heavy atom. The second-order valence-electron chi connectivity index (χ2n) is 6.45. The van der Waals surface area contributed by atoms with Crippen molar-refractivity contribution in [2.75, 3.05) is 32.8 Å². The van der Waals surface area contributed by atoms with Crippen molar-refractivity contribution in [3.63, 3.8) is 0 Å². The maximum absolute atomic E-state index is 12.5. The number of benzene rings is 1. The summed E-state index contributed by atoms with van der Waals surface area (Å²) in [6.45, 7) is 4.67. The van der Waals surface area contributed by atoms with Gasteiger partial charge in [0.05, 0.1) is 17.2 Å². The van der Waals surface area contributed by atoms with Crippen LogP contribution < -0.4 is 4.74 Å². The number of carbonyl (C=O) groups is 2. The van der Waals surface area contributed by atoms with Crippen LogP contribution in [0, 0.1) is 10.1 Å². The van der Waals surface area contributed by atoms with Crippen molar-refractivity contribution >= 4 is 11.8 Å². The molecule has 0 aliphatic carbocycles. The molecule has 9 heteroatoms. The number of likely N-dealkylation sites (tertiary alicyclic amines) is 1.